The number of carboxylic acid groups (broad SMARTS) is 1. The van der Waals surface area contributed by atoms with Gasteiger partial charge in [0.1, 0.15) is 0 Å². The van der Waals surface area contributed by atoms with Crippen molar-refractivity contribution in [2.45, 2.75) is 26.2 Å². The minimum atomic E-state index is -0.923. The van der Waals surface area contributed by atoms with Gasteiger partial charge < -0.3 is 10.1 Å². The predicted octanol–water partition coefficient (Wildman–Crippen LogP) is 2.28. The molecule has 0 radical (unpaired) electrons. The van der Waals surface area contributed by atoms with Crippen molar-refractivity contribution < 1.29 is 9.90 Å². The van der Waals surface area contributed by atoms with Crippen LogP contribution in [-0.2, 0) is 11.2 Å². The summed E-state index contributed by atoms with van der Waals surface area (Å²) in [5.74, 6) is -0.930. The number of pyridine rings is 1. The second kappa shape index (κ2) is 4.64. The van der Waals surface area contributed by atoms with Crippen LogP contribution < -0.4 is 5.56 Å². The molecule has 0 unspecified atom stereocenters. The van der Waals surface area contributed by atoms with E-state index < -0.39 is 5.97 Å². The summed E-state index contributed by atoms with van der Waals surface area (Å²) >= 11 is 0. The molecule has 0 aliphatic rings. The fourth-order valence-corrected chi connectivity index (χ4v) is 2.28. The van der Waals surface area contributed by atoms with Crippen LogP contribution in [0.1, 0.15) is 30.9 Å². The maximum atomic E-state index is 12.0. The van der Waals surface area contributed by atoms with Crippen LogP contribution in [0.25, 0.3) is 10.9 Å². The third kappa shape index (κ3) is 2.14. The second-order valence-corrected chi connectivity index (χ2v) is 4.62. The van der Waals surface area contributed by atoms with E-state index in [0.29, 0.717) is 16.6 Å². The molecule has 0 amide bonds. The van der Waals surface area contributed by atoms with E-state index in [9.17, 15) is 9.59 Å². The van der Waals surface area contributed by atoms with Crippen molar-refractivity contribution in [3.05, 3.63) is 45.7 Å². The fraction of sp³-hybridized carbons (Fsp3) is 0.286. The van der Waals surface area contributed by atoms with Crippen LogP contribution in [0.4, 0.5) is 0 Å². The average molecular weight is 245 g/mol. The van der Waals surface area contributed by atoms with E-state index >= 15 is 0 Å². The van der Waals surface area contributed by atoms with Crippen LogP contribution in [-0.4, -0.2) is 16.1 Å². The topological polar surface area (TPSA) is 70.2 Å². The Kier molecular flexibility index (Phi) is 3.19. The molecule has 94 valence electrons. The second-order valence-electron chi connectivity index (χ2n) is 4.62. The van der Waals surface area contributed by atoms with Gasteiger partial charge >= 0.3 is 5.97 Å². The molecule has 0 fully saturated rings. The molecule has 0 atom stereocenters. The Morgan fingerprint density at radius 3 is 2.61 bits per heavy atom. The number of benzene rings is 1. The minimum Gasteiger partial charge on any atom is -0.481 e. The predicted molar refractivity (Wildman–Crippen MR) is 70.0 cm³/mol. The number of fused-ring (bicyclic) bond motifs is 1. The van der Waals surface area contributed by atoms with Crippen LogP contribution in [0.5, 0.6) is 0 Å². The maximum absolute atomic E-state index is 12.0. The van der Waals surface area contributed by atoms with Gasteiger partial charge in [0.05, 0.1) is 6.42 Å². The number of carbonyl (C=O) groups is 1. The van der Waals surface area contributed by atoms with Crippen molar-refractivity contribution in [1.29, 1.82) is 0 Å². The molecule has 2 N–H and O–H groups in total. The number of aliphatic carboxylic acids is 1. The molecular weight excluding hydrogens is 230 g/mol. The largest absolute Gasteiger partial charge is 0.481 e. The van der Waals surface area contributed by atoms with Crippen LogP contribution >= 0.6 is 0 Å². The summed E-state index contributed by atoms with van der Waals surface area (Å²) in [6.45, 7) is 3.79. The first kappa shape index (κ1) is 12.4. The van der Waals surface area contributed by atoms with Gasteiger partial charge in [-0.2, -0.15) is 0 Å². The molecule has 0 saturated carbocycles. The molecule has 1 aromatic carbocycles. The van der Waals surface area contributed by atoms with Gasteiger partial charge in [0.2, 0.25) is 0 Å². The Hall–Kier alpha value is -2.10. The number of rotatable bonds is 3. The maximum Gasteiger partial charge on any atom is 0.307 e. The van der Waals surface area contributed by atoms with Gasteiger partial charge in [-0.15, -0.1) is 0 Å². The number of H-pyrrole nitrogens is 1. The Morgan fingerprint density at radius 1 is 1.33 bits per heavy atom. The SMILES string of the molecule is CC(C)c1c(CC(=O)O)c2ccccc2[nH]c1=O. The van der Waals surface area contributed by atoms with Gasteiger partial charge in [0.15, 0.2) is 0 Å². The normalized spacial score (nSPS) is 11.1. The summed E-state index contributed by atoms with van der Waals surface area (Å²) in [7, 11) is 0. The van der Waals surface area contributed by atoms with E-state index in [0.717, 1.165) is 5.39 Å². The summed E-state index contributed by atoms with van der Waals surface area (Å²) in [4.78, 5) is 25.8. The van der Waals surface area contributed by atoms with Crippen molar-refractivity contribution in [2.75, 3.05) is 0 Å². The lowest BCUT2D eigenvalue weighted by Gasteiger charge is -2.13. The van der Waals surface area contributed by atoms with Gasteiger partial charge in [0.25, 0.3) is 5.56 Å². The number of para-hydroxylation sites is 1. The fourth-order valence-electron chi connectivity index (χ4n) is 2.28. The lowest BCUT2D eigenvalue weighted by molar-refractivity contribution is -0.136. The van der Waals surface area contributed by atoms with Gasteiger partial charge in [-0.25, -0.2) is 0 Å². The van der Waals surface area contributed by atoms with Gasteiger partial charge in [-0.05, 0) is 17.5 Å². The monoisotopic (exact) mass is 245 g/mol. The molecule has 2 rings (SSSR count). The average Bonchev–Trinajstić information content (AvgIpc) is 2.27. The standard InChI is InChI=1S/C14H15NO3/c1-8(2)13-10(7-12(16)17)9-5-3-4-6-11(9)15-14(13)18/h3-6,8H,7H2,1-2H3,(H,15,18)(H,16,17). The first-order chi connectivity index (χ1) is 8.50. The van der Waals surface area contributed by atoms with Crippen molar-refractivity contribution >= 4 is 16.9 Å². The summed E-state index contributed by atoms with van der Waals surface area (Å²) in [6, 6.07) is 7.29. The summed E-state index contributed by atoms with van der Waals surface area (Å²) in [5, 5.41) is 9.82. The van der Waals surface area contributed by atoms with Gasteiger partial charge in [-0.1, -0.05) is 32.0 Å². The molecule has 2 aromatic rings. The Balaban J connectivity index is 2.84. The van der Waals surface area contributed by atoms with Crippen LogP contribution in [0.15, 0.2) is 29.1 Å². The van der Waals surface area contributed by atoms with E-state index in [1.807, 2.05) is 32.0 Å². The molecular formula is C14H15NO3. The Labute approximate surface area is 104 Å². The highest BCUT2D eigenvalue weighted by molar-refractivity contribution is 5.87. The minimum absolute atomic E-state index is 0.00675. The molecule has 0 spiro atoms. The Bertz CT molecular complexity index is 656. The summed E-state index contributed by atoms with van der Waals surface area (Å²) in [5.41, 5.74) is 1.68. The zero-order valence-corrected chi connectivity index (χ0v) is 10.4. The molecule has 4 nitrogen and oxygen atoms in total. The molecule has 0 bridgehead atoms. The van der Waals surface area contributed by atoms with Crippen molar-refractivity contribution in [1.82, 2.24) is 4.98 Å². The first-order valence-electron chi connectivity index (χ1n) is 5.86. The molecule has 0 saturated heterocycles. The van der Waals surface area contributed by atoms with E-state index in [1.165, 1.54) is 0 Å². The van der Waals surface area contributed by atoms with E-state index in [-0.39, 0.29) is 17.9 Å². The highest BCUT2D eigenvalue weighted by Gasteiger charge is 2.17. The van der Waals surface area contributed by atoms with Crippen molar-refractivity contribution in [3.8, 4) is 0 Å². The van der Waals surface area contributed by atoms with Crippen LogP contribution in [0, 0.1) is 0 Å². The number of hydrogen-bond acceptors (Lipinski definition) is 2. The first-order valence-corrected chi connectivity index (χ1v) is 5.86. The summed E-state index contributed by atoms with van der Waals surface area (Å²) < 4.78 is 0. The summed E-state index contributed by atoms with van der Waals surface area (Å²) in [6.07, 6.45) is -0.127. The lowest BCUT2D eigenvalue weighted by atomic mass is 9.93. The van der Waals surface area contributed by atoms with Gasteiger partial charge in [-0.3, -0.25) is 9.59 Å². The molecule has 1 aromatic heterocycles. The third-order valence-electron chi connectivity index (χ3n) is 2.98. The van der Waals surface area contributed by atoms with E-state index in [4.69, 9.17) is 5.11 Å². The van der Waals surface area contributed by atoms with Crippen LogP contribution in [0.3, 0.4) is 0 Å². The number of nitrogens with one attached hydrogen (secondary N) is 1. The number of hydrogen-bond donors (Lipinski definition) is 2. The van der Waals surface area contributed by atoms with E-state index in [2.05, 4.69) is 4.98 Å². The molecule has 4 heteroatoms. The number of aromatic nitrogens is 1. The highest BCUT2D eigenvalue weighted by Crippen LogP contribution is 2.23. The zero-order chi connectivity index (χ0) is 13.3. The zero-order valence-electron chi connectivity index (χ0n) is 10.4. The quantitative estimate of drug-likeness (QED) is 0.871. The van der Waals surface area contributed by atoms with Crippen molar-refractivity contribution in [3.63, 3.8) is 0 Å². The number of aromatic amines is 1. The third-order valence-corrected chi connectivity index (χ3v) is 2.98. The molecule has 18 heavy (non-hydrogen) atoms. The van der Waals surface area contributed by atoms with Gasteiger partial charge in [0, 0.05) is 16.5 Å². The molecule has 0 aliphatic carbocycles. The highest BCUT2D eigenvalue weighted by atomic mass is 16.4. The Morgan fingerprint density at radius 2 is 2.00 bits per heavy atom. The van der Waals surface area contributed by atoms with Crippen molar-refractivity contribution in [2.24, 2.45) is 0 Å². The number of carboxylic acids is 1. The smallest absolute Gasteiger partial charge is 0.307 e. The molecule has 1 heterocycles. The van der Waals surface area contributed by atoms with E-state index in [1.54, 1.807) is 6.07 Å². The lowest BCUT2D eigenvalue weighted by Crippen LogP contribution is -2.19. The van der Waals surface area contributed by atoms with Crippen LogP contribution in [0.2, 0.25) is 0 Å². The molecule has 0 aliphatic heterocycles.